The lowest BCUT2D eigenvalue weighted by Gasteiger charge is -2.26. The molecule has 59 heavy (non-hydrogen) atoms. The number of nitrogens with zero attached hydrogens (tertiary/aromatic N) is 3. The molecule has 1 aromatic heterocycles. The number of aromatic nitrogens is 1. The van der Waals surface area contributed by atoms with Crippen LogP contribution >= 0.6 is 23.5 Å². The summed E-state index contributed by atoms with van der Waals surface area (Å²) in [7, 11) is -7.54. The topological polar surface area (TPSA) is 166 Å². The Morgan fingerprint density at radius 1 is 0.729 bits per heavy atom. The van der Waals surface area contributed by atoms with Crippen LogP contribution in [0.25, 0.3) is 0 Å². The quantitative estimate of drug-likeness (QED) is 0.153. The molecule has 2 saturated heterocycles. The highest BCUT2D eigenvalue weighted by atomic mass is 32.2. The average Bonchev–Trinajstić information content (AvgIpc) is 3.93. The normalized spacial score (nSPS) is 18.4. The van der Waals surface area contributed by atoms with E-state index in [0.29, 0.717) is 31.0 Å². The minimum Gasteiger partial charge on any atom is -0.396 e. The van der Waals surface area contributed by atoms with Crippen LogP contribution in [0.15, 0.2) is 113 Å². The number of nitrogens with one attached hydrogen (secondary N) is 2. The lowest BCUT2D eigenvalue weighted by atomic mass is 9.87. The van der Waals surface area contributed by atoms with Gasteiger partial charge in [0.05, 0.1) is 15.8 Å². The van der Waals surface area contributed by atoms with E-state index in [1.54, 1.807) is 42.7 Å². The van der Waals surface area contributed by atoms with Crippen molar-refractivity contribution >= 4 is 55.4 Å². The molecule has 0 radical (unpaired) electrons. The molecule has 3 atom stereocenters. The van der Waals surface area contributed by atoms with Crippen molar-refractivity contribution in [3.63, 3.8) is 0 Å². The van der Waals surface area contributed by atoms with Crippen molar-refractivity contribution in [3.8, 4) is 0 Å². The highest BCUT2D eigenvalue weighted by molar-refractivity contribution is 8.02. The molecule has 3 N–H and O–H groups in total. The lowest BCUT2D eigenvalue weighted by molar-refractivity contribution is -0.123. The molecule has 3 heterocycles. The van der Waals surface area contributed by atoms with Gasteiger partial charge in [-0.25, -0.2) is 16.8 Å². The summed E-state index contributed by atoms with van der Waals surface area (Å²) < 4.78 is 55.4. The van der Waals surface area contributed by atoms with Gasteiger partial charge in [-0.05, 0) is 69.8 Å². The Morgan fingerprint density at radius 2 is 1.22 bits per heavy atom. The second-order valence-corrected chi connectivity index (χ2v) is 22.4. The largest absolute Gasteiger partial charge is 0.396 e. The number of hydrogen-bond acceptors (Lipinski definition) is 10. The molecule has 0 spiro atoms. The van der Waals surface area contributed by atoms with Gasteiger partial charge in [0.2, 0.25) is 31.9 Å². The van der Waals surface area contributed by atoms with Crippen LogP contribution in [0.5, 0.6) is 0 Å². The minimum absolute atomic E-state index is 0.0551. The van der Waals surface area contributed by atoms with E-state index in [9.17, 15) is 31.5 Å². The maximum Gasteiger partial charge on any atom is 0.249 e. The van der Waals surface area contributed by atoms with Crippen molar-refractivity contribution in [3.05, 3.63) is 126 Å². The predicted molar refractivity (Wildman–Crippen MR) is 236 cm³/mol. The van der Waals surface area contributed by atoms with Crippen LogP contribution < -0.4 is 10.6 Å². The number of aliphatic hydroxyl groups excluding tert-OH is 1. The number of hydrogen-bond donors (Lipinski definition) is 3. The van der Waals surface area contributed by atoms with Crippen molar-refractivity contribution < 1.29 is 31.5 Å². The SMILES string of the molecule is CC(C)(C)c1ccc(S(=O)(=O)N2CCSC2C(=O)NC(CCO)c2ccccc2)cc1.CC(C)(C)c1ccc(S(=O)(=O)N2CCSC2C(=O)NCc2cccnc2)cc1. The summed E-state index contributed by atoms with van der Waals surface area (Å²) in [5.41, 5.74) is 3.72. The average molecular weight is 882 g/mol. The third-order valence-corrected chi connectivity index (χ3v) is 16.4. The Bertz CT molecular complexity index is 2230. The van der Waals surface area contributed by atoms with Gasteiger partial charge in [0, 0.05) is 50.1 Å². The predicted octanol–water partition coefficient (Wildman–Crippen LogP) is 6.05. The molecule has 0 aliphatic carbocycles. The van der Waals surface area contributed by atoms with E-state index in [4.69, 9.17) is 0 Å². The molecule has 318 valence electrons. The Balaban J connectivity index is 0.000000225. The molecule has 0 bridgehead atoms. The summed E-state index contributed by atoms with van der Waals surface area (Å²) in [4.78, 5) is 30.1. The first-order chi connectivity index (χ1) is 27.8. The van der Waals surface area contributed by atoms with Crippen molar-refractivity contribution in [1.82, 2.24) is 24.2 Å². The van der Waals surface area contributed by atoms with E-state index in [-0.39, 0.29) is 51.6 Å². The lowest BCUT2D eigenvalue weighted by Crippen LogP contribution is -2.45. The zero-order chi connectivity index (χ0) is 43.0. The molecule has 2 aliphatic rings. The van der Waals surface area contributed by atoms with Gasteiger partial charge < -0.3 is 15.7 Å². The number of aliphatic hydroxyl groups is 1. The third-order valence-electron chi connectivity index (χ3n) is 9.93. The van der Waals surface area contributed by atoms with Crippen LogP contribution in [-0.2, 0) is 47.0 Å². The smallest absolute Gasteiger partial charge is 0.249 e. The standard InChI is InChI=1S/C23H30N2O4S2.C20H25N3O3S2/c1-23(2,3)18-9-11-19(12-10-18)31(28,29)25-14-16-30-22(25)21(27)24-20(13-15-26)17-7-5-4-6-8-17;1-20(2,3)16-6-8-17(9-7-16)28(25,26)23-11-12-27-19(23)18(24)22-14-15-5-4-10-21-13-15/h4-12,20,22,26H,13-16H2,1-3H3,(H,24,27);4-10,13,19H,11-12,14H2,1-3H3,(H,22,24). The number of pyridine rings is 1. The van der Waals surface area contributed by atoms with Gasteiger partial charge in [-0.3, -0.25) is 14.6 Å². The highest BCUT2D eigenvalue weighted by Crippen LogP contribution is 2.34. The van der Waals surface area contributed by atoms with E-state index in [1.165, 1.54) is 32.1 Å². The Labute approximate surface area is 358 Å². The maximum absolute atomic E-state index is 13.3. The summed E-state index contributed by atoms with van der Waals surface area (Å²) in [6.07, 6.45) is 3.69. The van der Waals surface area contributed by atoms with Crippen molar-refractivity contribution in [2.24, 2.45) is 0 Å². The van der Waals surface area contributed by atoms with E-state index < -0.39 is 30.8 Å². The summed E-state index contributed by atoms with van der Waals surface area (Å²) >= 11 is 2.66. The van der Waals surface area contributed by atoms with Crippen molar-refractivity contribution in [2.45, 2.75) is 91.9 Å². The van der Waals surface area contributed by atoms with Crippen molar-refractivity contribution in [1.29, 1.82) is 0 Å². The van der Waals surface area contributed by atoms with Crippen molar-refractivity contribution in [2.75, 3.05) is 31.2 Å². The van der Waals surface area contributed by atoms with Crippen LogP contribution in [-0.4, -0.2) is 89.3 Å². The van der Waals surface area contributed by atoms with E-state index in [2.05, 4.69) is 57.2 Å². The van der Waals surface area contributed by atoms with Crippen LogP contribution in [0.2, 0.25) is 0 Å². The zero-order valence-electron chi connectivity index (χ0n) is 34.4. The van der Waals surface area contributed by atoms with Gasteiger partial charge in [0.1, 0.15) is 10.7 Å². The minimum atomic E-state index is -3.81. The molecular weight excluding hydrogens is 827 g/mol. The van der Waals surface area contributed by atoms with Gasteiger partial charge in [0.15, 0.2) is 0 Å². The van der Waals surface area contributed by atoms with E-state index in [1.807, 2.05) is 60.7 Å². The van der Waals surface area contributed by atoms with Gasteiger partial charge in [-0.15, -0.1) is 23.5 Å². The fraction of sp³-hybridized carbons (Fsp3) is 0.419. The van der Waals surface area contributed by atoms with Gasteiger partial charge in [-0.2, -0.15) is 8.61 Å². The summed E-state index contributed by atoms with van der Waals surface area (Å²) in [5.74, 6) is 0.471. The molecule has 2 fully saturated rings. The number of sulfonamides is 2. The van der Waals surface area contributed by atoms with Crippen LogP contribution in [0.3, 0.4) is 0 Å². The number of amides is 2. The molecule has 6 rings (SSSR count). The maximum atomic E-state index is 13.3. The fourth-order valence-corrected chi connectivity index (χ4v) is 12.7. The Morgan fingerprint density at radius 3 is 1.66 bits per heavy atom. The second-order valence-electron chi connectivity index (χ2n) is 16.3. The molecule has 4 aromatic rings. The first kappa shape index (κ1) is 46.3. The number of thioether (sulfide) groups is 2. The van der Waals surface area contributed by atoms with Crippen LogP contribution in [0.4, 0.5) is 0 Å². The van der Waals surface area contributed by atoms with E-state index >= 15 is 0 Å². The summed E-state index contributed by atoms with van der Waals surface area (Å²) in [6, 6.07) is 26.5. The van der Waals surface area contributed by atoms with E-state index in [0.717, 1.165) is 22.3 Å². The molecule has 3 unspecified atom stereocenters. The van der Waals surface area contributed by atoms with Gasteiger partial charge >= 0.3 is 0 Å². The Kier molecular flexibility index (Phi) is 15.5. The number of rotatable bonds is 12. The molecule has 2 amide bonds. The molecular formula is C43H55N5O7S4. The molecule has 2 aliphatic heterocycles. The second kappa shape index (κ2) is 19.7. The fourth-order valence-electron chi connectivity index (χ4n) is 6.50. The molecule has 0 saturated carbocycles. The number of benzene rings is 3. The monoisotopic (exact) mass is 881 g/mol. The van der Waals surface area contributed by atoms with Crippen LogP contribution in [0, 0.1) is 0 Å². The number of carbonyl (C=O) groups is 2. The summed E-state index contributed by atoms with van der Waals surface area (Å²) in [6.45, 7) is 13.3. The first-order valence-electron chi connectivity index (χ1n) is 19.4. The third kappa shape index (κ3) is 11.7. The molecule has 16 heteroatoms. The van der Waals surface area contributed by atoms with Crippen LogP contribution in [0.1, 0.15) is 76.3 Å². The van der Waals surface area contributed by atoms with Gasteiger partial charge in [-0.1, -0.05) is 102 Å². The number of carbonyl (C=O) groups excluding carboxylic acids is 2. The van der Waals surface area contributed by atoms with Gasteiger partial charge in [0.25, 0.3) is 0 Å². The molecule has 3 aromatic carbocycles. The first-order valence-corrected chi connectivity index (χ1v) is 24.4. The Hall–Kier alpha value is -3.77. The highest BCUT2D eigenvalue weighted by Gasteiger charge is 2.42. The molecule has 12 nitrogen and oxygen atoms in total. The summed E-state index contributed by atoms with van der Waals surface area (Å²) in [5, 5.41) is 13.6. The zero-order valence-corrected chi connectivity index (χ0v) is 37.6.